The van der Waals surface area contributed by atoms with Gasteiger partial charge in [-0.3, -0.25) is 0 Å². The van der Waals surface area contributed by atoms with Gasteiger partial charge in [0.25, 0.3) is 0 Å². The first-order valence-electron chi connectivity index (χ1n) is 13.7. The van der Waals surface area contributed by atoms with E-state index in [9.17, 15) is 0 Å². The molecule has 4 aromatic rings. The Kier molecular flexibility index (Phi) is 7.01. The molecule has 0 N–H and O–H groups in total. The number of halogens is 2. The molecule has 2 aliphatic rings. The predicted molar refractivity (Wildman–Crippen MR) is 167 cm³/mol. The van der Waals surface area contributed by atoms with E-state index in [1.165, 1.54) is 63.7 Å². The van der Waals surface area contributed by atoms with Gasteiger partial charge in [0.2, 0.25) is 0 Å². The first kappa shape index (κ1) is 26.5. The molecule has 192 valence electrons. The summed E-state index contributed by atoms with van der Waals surface area (Å²) in [5.41, 5.74) is 12.2. The van der Waals surface area contributed by atoms with E-state index in [-0.39, 0.29) is 3.63 Å². The monoisotopic (exact) mass is 630 g/mol. The van der Waals surface area contributed by atoms with Crippen LogP contribution in [0.3, 0.4) is 0 Å². The molecule has 1 aliphatic carbocycles. The van der Waals surface area contributed by atoms with Crippen LogP contribution in [0.4, 0.5) is 0 Å². The van der Waals surface area contributed by atoms with Gasteiger partial charge >= 0.3 is 243 Å². The summed E-state index contributed by atoms with van der Waals surface area (Å²) in [6.45, 7) is 11.4. The molecule has 4 aromatic carbocycles. The third kappa shape index (κ3) is 4.19. The molecular formula is C34H34Cl2SiZr. The Bertz CT molecular complexity index is 1600. The molecule has 4 heteroatoms. The van der Waals surface area contributed by atoms with E-state index in [0.717, 1.165) is 0 Å². The number of fused-ring (bicyclic) bond motifs is 4. The number of aryl methyl sites for hydroxylation is 1. The van der Waals surface area contributed by atoms with Gasteiger partial charge < -0.3 is 0 Å². The van der Waals surface area contributed by atoms with Crippen LogP contribution in [0.2, 0.25) is 0 Å². The molecule has 0 spiro atoms. The number of hydrogen-bond acceptors (Lipinski definition) is 0. The van der Waals surface area contributed by atoms with Crippen molar-refractivity contribution in [2.24, 2.45) is 5.92 Å². The van der Waals surface area contributed by atoms with Gasteiger partial charge in [0.1, 0.15) is 0 Å². The van der Waals surface area contributed by atoms with Gasteiger partial charge in [-0.1, -0.05) is 0 Å². The van der Waals surface area contributed by atoms with E-state index >= 15 is 0 Å². The Morgan fingerprint density at radius 2 is 1.42 bits per heavy atom. The molecule has 0 saturated carbocycles. The van der Waals surface area contributed by atoms with Crippen LogP contribution in [0.5, 0.6) is 0 Å². The van der Waals surface area contributed by atoms with Gasteiger partial charge in [-0.2, -0.15) is 0 Å². The fourth-order valence-electron chi connectivity index (χ4n) is 6.65. The summed E-state index contributed by atoms with van der Waals surface area (Å²) in [5, 5.41) is 3.00. The molecule has 0 aromatic heterocycles. The predicted octanol–water partition coefficient (Wildman–Crippen LogP) is 7.77. The van der Waals surface area contributed by atoms with Crippen LogP contribution >= 0.6 is 17.0 Å². The topological polar surface area (TPSA) is 0 Å². The molecule has 38 heavy (non-hydrogen) atoms. The maximum absolute atomic E-state index is 7.85. The molecule has 0 nitrogen and oxygen atoms in total. The van der Waals surface area contributed by atoms with Gasteiger partial charge in [-0.05, 0) is 0 Å². The minimum absolute atomic E-state index is 0.107. The van der Waals surface area contributed by atoms with E-state index in [1.807, 2.05) is 0 Å². The number of hydrogen-bond donors (Lipinski definition) is 0. The van der Waals surface area contributed by atoms with Crippen LogP contribution < -0.4 is 13.6 Å². The van der Waals surface area contributed by atoms with Gasteiger partial charge in [0.15, 0.2) is 0 Å². The zero-order valence-corrected chi connectivity index (χ0v) is 28.2. The van der Waals surface area contributed by atoms with Gasteiger partial charge in [-0.25, -0.2) is 0 Å². The first-order valence-corrected chi connectivity index (χ1v) is 24.1. The van der Waals surface area contributed by atoms with Crippen molar-refractivity contribution in [1.29, 1.82) is 0 Å². The average molecular weight is 633 g/mol. The van der Waals surface area contributed by atoms with Crippen LogP contribution in [-0.2, 0) is 17.9 Å². The van der Waals surface area contributed by atoms with E-state index < -0.39 is 27.4 Å². The van der Waals surface area contributed by atoms with Crippen molar-refractivity contribution < 1.29 is 17.9 Å². The second kappa shape index (κ2) is 10.0. The van der Waals surface area contributed by atoms with Crippen molar-refractivity contribution in [3.63, 3.8) is 0 Å². The second-order valence-corrected chi connectivity index (χ2v) is 27.3. The standard InChI is InChI=1S/C22H25.C12H9Si.2ClH.Zr/c1-14(2)18-12-17-10-11-19(15(3)4)22(21(17)13-18)20-9-7-6-8-16(20)5;1-3-7-11-9(5-1)10-6-2-4-8-12(10)13-11;;;/h6-15H,1-5H3;1-7H,13H2;2*1H;/q;;;;+2/p-2. The quantitative estimate of drug-likeness (QED) is 0.174. The van der Waals surface area contributed by atoms with Gasteiger partial charge in [-0.15, -0.1) is 0 Å². The SMILES string of the molecule is Cc1ccccc1-c1c(C(C)C)ccc2c1C=C(C(C)C)[CH]2[Zr]([Cl])([Cl])[c]1cccc2c1[SiH2]c1ccccc1-2. The first-order chi connectivity index (χ1) is 18.2. The fourth-order valence-corrected chi connectivity index (χ4v) is 23.7. The number of allylic oxidation sites excluding steroid dienone is 1. The van der Waals surface area contributed by atoms with Crippen molar-refractivity contribution in [2.75, 3.05) is 0 Å². The van der Waals surface area contributed by atoms with Gasteiger partial charge in [0.05, 0.1) is 0 Å². The molecule has 0 bridgehead atoms. The summed E-state index contributed by atoms with van der Waals surface area (Å²) in [6.07, 6.45) is 2.46. The molecule has 0 amide bonds. The van der Waals surface area contributed by atoms with Crippen LogP contribution in [0, 0.1) is 12.8 Å². The Balaban J connectivity index is 1.57. The third-order valence-electron chi connectivity index (χ3n) is 8.54. The summed E-state index contributed by atoms with van der Waals surface area (Å²) in [7, 11) is 15.1. The molecule has 1 unspecified atom stereocenters. The Labute approximate surface area is 241 Å². The zero-order valence-electron chi connectivity index (χ0n) is 22.8. The molecule has 1 atom stereocenters. The molecule has 0 saturated heterocycles. The van der Waals surface area contributed by atoms with Crippen molar-refractivity contribution in [3.8, 4) is 22.3 Å². The molecule has 0 radical (unpaired) electrons. The normalized spacial score (nSPS) is 16.7. The summed E-state index contributed by atoms with van der Waals surface area (Å²) in [4.78, 5) is 0. The second-order valence-electron chi connectivity index (χ2n) is 11.5. The summed E-state index contributed by atoms with van der Waals surface area (Å²) in [6, 6.07) is 29.1. The maximum atomic E-state index is 7.85. The average Bonchev–Trinajstić information content (AvgIpc) is 3.48. The Morgan fingerprint density at radius 3 is 2.13 bits per heavy atom. The molecule has 0 fully saturated rings. The van der Waals surface area contributed by atoms with E-state index in [1.54, 1.807) is 0 Å². The van der Waals surface area contributed by atoms with Crippen LogP contribution in [0.1, 0.15) is 59.5 Å². The van der Waals surface area contributed by atoms with E-state index in [0.29, 0.717) is 11.8 Å². The Hall–Kier alpha value is -1.70. The van der Waals surface area contributed by atoms with E-state index in [4.69, 9.17) is 17.0 Å². The summed E-state index contributed by atoms with van der Waals surface area (Å²) in [5.74, 6) is 0.798. The number of rotatable bonds is 5. The van der Waals surface area contributed by atoms with E-state index in [2.05, 4.69) is 120 Å². The van der Waals surface area contributed by atoms with Crippen LogP contribution in [0.25, 0.3) is 28.3 Å². The fraction of sp³-hybridized carbons (Fsp3) is 0.235. The summed E-state index contributed by atoms with van der Waals surface area (Å²) >= 11 is -3.98. The summed E-state index contributed by atoms with van der Waals surface area (Å²) < 4.78 is 1.41. The molecule has 6 rings (SSSR count). The minimum atomic E-state index is -3.98. The molecule has 1 heterocycles. The van der Waals surface area contributed by atoms with Crippen molar-refractivity contribution in [2.45, 2.75) is 44.2 Å². The zero-order chi connectivity index (χ0) is 26.8. The van der Waals surface area contributed by atoms with Crippen molar-refractivity contribution in [3.05, 3.63) is 107 Å². The van der Waals surface area contributed by atoms with Crippen molar-refractivity contribution in [1.82, 2.24) is 0 Å². The van der Waals surface area contributed by atoms with Gasteiger partial charge in [0, 0.05) is 0 Å². The number of benzene rings is 4. The van der Waals surface area contributed by atoms with Crippen LogP contribution in [-0.4, -0.2) is 9.52 Å². The van der Waals surface area contributed by atoms with Crippen LogP contribution in [0.15, 0.2) is 84.4 Å². The van der Waals surface area contributed by atoms with Crippen molar-refractivity contribution >= 4 is 46.3 Å². The Morgan fingerprint density at radius 1 is 0.737 bits per heavy atom. The third-order valence-corrected chi connectivity index (χ3v) is 22.8. The molecular weight excluding hydrogens is 599 g/mol. The molecule has 1 aliphatic heterocycles.